The van der Waals surface area contributed by atoms with Gasteiger partial charge in [-0.15, -0.1) is 0 Å². The number of aromatic nitrogens is 1. The van der Waals surface area contributed by atoms with Crippen molar-refractivity contribution in [3.8, 4) is 0 Å². The van der Waals surface area contributed by atoms with Crippen LogP contribution in [0.3, 0.4) is 0 Å². The van der Waals surface area contributed by atoms with E-state index in [2.05, 4.69) is 14.4 Å². The fourth-order valence-corrected chi connectivity index (χ4v) is 5.77. The van der Waals surface area contributed by atoms with Crippen LogP contribution in [0.5, 0.6) is 0 Å². The van der Waals surface area contributed by atoms with E-state index in [1.165, 1.54) is 23.7 Å². The maximum atomic E-state index is 13.2. The number of hydrogen-bond donors (Lipinski definition) is 2. The summed E-state index contributed by atoms with van der Waals surface area (Å²) in [4.78, 5) is 39.4. The normalized spacial score (nSPS) is 18.7. The lowest BCUT2D eigenvalue weighted by Crippen LogP contribution is -2.46. The number of carbonyl (C=O) groups excluding carboxylic acids is 3. The van der Waals surface area contributed by atoms with Crippen LogP contribution in [-0.4, -0.2) is 42.9 Å². The molecule has 2 atom stereocenters. The number of ketones is 2. The Morgan fingerprint density at radius 1 is 1.25 bits per heavy atom. The molecule has 0 spiro atoms. The maximum Gasteiger partial charge on any atom is 0.287 e. The van der Waals surface area contributed by atoms with E-state index in [0.717, 1.165) is 11.3 Å². The van der Waals surface area contributed by atoms with Crippen LogP contribution in [0.25, 0.3) is 0 Å². The van der Waals surface area contributed by atoms with Crippen molar-refractivity contribution in [2.24, 2.45) is 11.8 Å². The Hall–Kier alpha value is -2.43. The fourth-order valence-electron chi connectivity index (χ4n) is 3.60. The molecule has 10 heteroatoms. The highest BCUT2D eigenvalue weighted by Gasteiger charge is 2.34. The lowest BCUT2D eigenvalue weighted by Gasteiger charge is -2.23. The summed E-state index contributed by atoms with van der Waals surface area (Å²) >= 11 is 1.35. The molecule has 1 aliphatic heterocycles. The number of sulfonamides is 1. The van der Waals surface area contributed by atoms with Crippen LogP contribution in [0, 0.1) is 11.8 Å². The van der Waals surface area contributed by atoms with Crippen LogP contribution in [0.1, 0.15) is 37.3 Å². The summed E-state index contributed by atoms with van der Waals surface area (Å²) < 4.78 is 32.4. The molecule has 2 bridgehead atoms. The average molecular weight is 478 g/mol. The third-order valence-corrected chi connectivity index (χ3v) is 7.68. The van der Waals surface area contributed by atoms with Crippen LogP contribution in [0.15, 0.2) is 41.3 Å². The van der Waals surface area contributed by atoms with Gasteiger partial charge in [-0.05, 0) is 48.5 Å². The minimum Gasteiger partial charge on any atom is -0.349 e. The van der Waals surface area contributed by atoms with E-state index in [0.29, 0.717) is 18.7 Å². The van der Waals surface area contributed by atoms with Gasteiger partial charge in [0, 0.05) is 30.2 Å². The van der Waals surface area contributed by atoms with Crippen LogP contribution in [0.4, 0.5) is 0 Å². The summed E-state index contributed by atoms with van der Waals surface area (Å²) in [6.45, 7) is 3.83. The van der Waals surface area contributed by atoms with Crippen LogP contribution < -0.4 is 10.0 Å². The van der Waals surface area contributed by atoms with Crippen molar-refractivity contribution in [2.75, 3.05) is 6.54 Å². The van der Waals surface area contributed by atoms with Gasteiger partial charge in [-0.2, -0.15) is 4.37 Å². The largest absolute Gasteiger partial charge is 0.349 e. The predicted octanol–water partition coefficient (Wildman–Crippen LogP) is 1.90. The molecule has 8 nitrogen and oxygen atoms in total. The summed E-state index contributed by atoms with van der Waals surface area (Å²) in [5.74, 6) is -3.08. The van der Waals surface area contributed by atoms with Crippen molar-refractivity contribution >= 4 is 39.0 Å². The number of amides is 1. The summed E-state index contributed by atoms with van der Waals surface area (Å²) in [7, 11) is -3.92. The smallest absolute Gasteiger partial charge is 0.287 e. The Morgan fingerprint density at radius 3 is 2.66 bits per heavy atom. The number of nitrogens with zero attached hydrogens (tertiary/aromatic N) is 1. The molecule has 3 rings (SSSR count). The number of nitrogens with one attached hydrogen (secondary N) is 2. The zero-order valence-electron chi connectivity index (χ0n) is 18.0. The third-order valence-electron chi connectivity index (χ3n) is 5.34. The standard InChI is InChI=1S/C22H27N3O5S2/c1-14(2)20(25-32(29,30)18-8-4-3-5-9-18)19(26)12-15-11-16-13-17(31-24-16)7-6-10-23-22(28)21(15)27/h3-5,8-9,13-15,20,25H,6-7,10-12H2,1-2H3,(H,23,28). The molecule has 2 unspecified atom stereocenters. The van der Waals surface area contributed by atoms with E-state index in [9.17, 15) is 22.8 Å². The van der Waals surface area contributed by atoms with Crippen molar-refractivity contribution < 1.29 is 22.8 Å². The maximum absolute atomic E-state index is 13.2. The number of carbonyl (C=O) groups is 3. The van der Waals surface area contributed by atoms with Gasteiger partial charge in [0.2, 0.25) is 15.8 Å². The fraction of sp³-hybridized carbons (Fsp3) is 0.455. The molecule has 0 aliphatic carbocycles. The molecule has 0 fully saturated rings. The van der Waals surface area contributed by atoms with Gasteiger partial charge in [-0.1, -0.05) is 32.0 Å². The number of Topliss-reactive ketones (excluding diaryl/α,β-unsaturated/α-hetero) is 2. The van der Waals surface area contributed by atoms with Crippen molar-refractivity contribution in [1.29, 1.82) is 0 Å². The monoisotopic (exact) mass is 477 g/mol. The Labute approximate surface area is 192 Å². The van der Waals surface area contributed by atoms with Crippen LogP contribution in [0.2, 0.25) is 0 Å². The number of aryl methyl sites for hydroxylation is 1. The Balaban J connectivity index is 1.81. The average Bonchev–Trinajstić information content (AvgIpc) is 3.20. The summed E-state index contributed by atoms with van der Waals surface area (Å²) in [5, 5.41) is 2.62. The van der Waals surface area contributed by atoms with Crippen LogP contribution >= 0.6 is 11.5 Å². The molecular weight excluding hydrogens is 450 g/mol. The minimum atomic E-state index is -3.92. The molecule has 2 N–H and O–H groups in total. The van der Waals surface area contributed by atoms with Gasteiger partial charge in [0.05, 0.1) is 16.6 Å². The molecule has 1 amide bonds. The van der Waals surface area contributed by atoms with Crippen LogP contribution in [-0.2, 0) is 37.2 Å². The number of fused-ring (bicyclic) bond motifs is 2. The van der Waals surface area contributed by atoms with E-state index in [4.69, 9.17) is 0 Å². The van der Waals surface area contributed by atoms with Gasteiger partial charge in [-0.25, -0.2) is 13.1 Å². The first-order valence-electron chi connectivity index (χ1n) is 10.5. The van der Waals surface area contributed by atoms with Gasteiger partial charge in [0.1, 0.15) is 0 Å². The molecule has 2 heterocycles. The first-order chi connectivity index (χ1) is 15.2. The number of hydrogen-bond acceptors (Lipinski definition) is 7. The second-order valence-corrected chi connectivity index (χ2v) is 10.8. The minimum absolute atomic E-state index is 0.0545. The van der Waals surface area contributed by atoms with Crippen molar-refractivity contribution in [3.05, 3.63) is 47.0 Å². The Morgan fingerprint density at radius 2 is 1.97 bits per heavy atom. The SMILES string of the molecule is CC(C)C(NS(=O)(=O)c1ccccc1)C(=O)CC1Cc2cc(sn2)CCCNC(=O)C1=O. The molecule has 1 aliphatic rings. The van der Waals surface area contributed by atoms with E-state index < -0.39 is 39.5 Å². The predicted molar refractivity (Wildman–Crippen MR) is 121 cm³/mol. The quantitative estimate of drug-likeness (QED) is 0.587. The van der Waals surface area contributed by atoms with Gasteiger partial charge in [0.25, 0.3) is 5.91 Å². The second-order valence-electron chi connectivity index (χ2n) is 8.24. The molecule has 0 saturated carbocycles. The topological polar surface area (TPSA) is 122 Å². The molecule has 2 aromatic rings. The van der Waals surface area contributed by atoms with Gasteiger partial charge >= 0.3 is 0 Å². The van der Waals surface area contributed by atoms with E-state index in [1.54, 1.807) is 32.0 Å². The van der Waals surface area contributed by atoms with Gasteiger partial charge in [-0.3, -0.25) is 14.4 Å². The summed E-state index contributed by atoms with van der Waals surface area (Å²) in [6.07, 6.45) is 1.36. The Bertz CT molecular complexity index is 1080. The molecule has 0 radical (unpaired) electrons. The van der Waals surface area contributed by atoms with E-state index in [-0.39, 0.29) is 23.7 Å². The zero-order valence-corrected chi connectivity index (χ0v) is 19.7. The first-order valence-corrected chi connectivity index (χ1v) is 12.8. The summed E-state index contributed by atoms with van der Waals surface area (Å²) in [6, 6.07) is 8.67. The van der Waals surface area contributed by atoms with E-state index in [1.807, 2.05) is 6.07 Å². The zero-order chi connectivity index (χ0) is 23.3. The molecule has 32 heavy (non-hydrogen) atoms. The highest BCUT2D eigenvalue weighted by Crippen LogP contribution is 2.21. The highest BCUT2D eigenvalue weighted by atomic mass is 32.2. The second kappa shape index (κ2) is 10.5. The molecule has 1 aromatic heterocycles. The molecule has 0 saturated heterocycles. The molecular formula is C22H27N3O5S2. The highest BCUT2D eigenvalue weighted by molar-refractivity contribution is 7.89. The Kier molecular flexibility index (Phi) is 7.91. The van der Waals surface area contributed by atoms with Crippen molar-refractivity contribution in [3.63, 3.8) is 0 Å². The number of benzene rings is 1. The van der Waals surface area contributed by atoms with Crippen molar-refractivity contribution in [2.45, 2.75) is 50.5 Å². The molecule has 172 valence electrons. The summed E-state index contributed by atoms with van der Waals surface area (Å²) in [5.41, 5.74) is 0.664. The first kappa shape index (κ1) is 24.2. The van der Waals surface area contributed by atoms with Gasteiger partial charge in [0.15, 0.2) is 5.78 Å². The van der Waals surface area contributed by atoms with Crippen molar-refractivity contribution in [1.82, 2.24) is 14.4 Å². The lowest BCUT2D eigenvalue weighted by molar-refractivity contribution is -0.141. The number of rotatable bonds is 7. The third kappa shape index (κ3) is 6.08. The molecule has 1 aromatic carbocycles. The lowest BCUT2D eigenvalue weighted by atomic mass is 9.87. The van der Waals surface area contributed by atoms with Gasteiger partial charge < -0.3 is 5.32 Å². The van der Waals surface area contributed by atoms with E-state index >= 15 is 0 Å².